The Morgan fingerprint density at radius 2 is 2.12 bits per heavy atom. The van der Waals surface area contributed by atoms with E-state index in [0.717, 1.165) is 31.8 Å². The second-order valence-corrected chi connectivity index (χ2v) is 5.77. The molecule has 1 saturated heterocycles. The van der Waals surface area contributed by atoms with E-state index in [1.807, 2.05) is 0 Å². The SMILES string of the molecule is CCC1CCCC(N2CCCC(C(=O)O)C2)C1. The largest absolute Gasteiger partial charge is 0.481 e. The van der Waals surface area contributed by atoms with E-state index in [1.165, 1.54) is 32.1 Å². The highest BCUT2D eigenvalue weighted by molar-refractivity contribution is 5.70. The van der Waals surface area contributed by atoms with Crippen molar-refractivity contribution in [2.75, 3.05) is 13.1 Å². The van der Waals surface area contributed by atoms with Gasteiger partial charge in [0.2, 0.25) is 0 Å². The zero-order valence-electron chi connectivity index (χ0n) is 10.9. The molecule has 0 radical (unpaired) electrons. The lowest BCUT2D eigenvalue weighted by Crippen LogP contribution is -2.46. The van der Waals surface area contributed by atoms with Crippen LogP contribution in [0, 0.1) is 11.8 Å². The minimum atomic E-state index is -0.599. The molecule has 0 aromatic rings. The van der Waals surface area contributed by atoms with E-state index >= 15 is 0 Å². The van der Waals surface area contributed by atoms with Gasteiger partial charge >= 0.3 is 5.97 Å². The molecule has 3 atom stereocenters. The summed E-state index contributed by atoms with van der Waals surface area (Å²) in [6.07, 6.45) is 8.50. The van der Waals surface area contributed by atoms with Crippen molar-refractivity contribution in [1.29, 1.82) is 0 Å². The molecule has 2 rings (SSSR count). The number of likely N-dealkylation sites (tertiary alicyclic amines) is 1. The lowest BCUT2D eigenvalue weighted by molar-refractivity contribution is -0.144. The van der Waals surface area contributed by atoms with Gasteiger partial charge in [0.25, 0.3) is 0 Å². The van der Waals surface area contributed by atoms with Crippen LogP contribution >= 0.6 is 0 Å². The van der Waals surface area contributed by atoms with Crippen molar-refractivity contribution in [2.24, 2.45) is 11.8 Å². The van der Waals surface area contributed by atoms with E-state index in [4.69, 9.17) is 5.11 Å². The molecular weight excluding hydrogens is 214 g/mol. The smallest absolute Gasteiger partial charge is 0.307 e. The van der Waals surface area contributed by atoms with Crippen LogP contribution in [0.3, 0.4) is 0 Å². The van der Waals surface area contributed by atoms with Crippen LogP contribution in [0.15, 0.2) is 0 Å². The molecule has 1 N–H and O–H groups in total. The maximum Gasteiger partial charge on any atom is 0.307 e. The maximum atomic E-state index is 11.1. The van der Waals surface area contributed by atoms with E-state index in [0.29, 0.717) is 6.04 Å². The van der Waals surface area contributed by atoms with Crippen LogP contribution < -0.4 is 0 Å². The average molecular weight is 239 g/mol. The summed E-state index contributed by atoms with van der Waals surface area (Å²) in [5, 5.41) is 9.13. The highest BCUT2D eigenvalue weighted by Gasteiger charge is 2.31. The number of rotatable bonds is 3. The van der Waals surface area contributed by atoms with Gasteiger partial charge in [-0.05, 0) is 38.1 Å². The Kier molecular flexibility index (Phi) is 4.43. The molecular formula is C14H25NO2. The Bertz CT molecular complexity index is 267. The standard InChI is InChI=1S/C14H25NO2/c1-2-11-5-3-7-13(9-11)15-8-4-6-12(10-15)14(16)17/h11-13H,2-10H2,1H3,(H,16,17). The van der Waals surface area contributed by atoms with Gasteiger partial charge in [-0.2, -0.15) is 0 Å². The summed E-state index contributed by atoms with van der Waals surface area (Å²) in [5.74, 6) is 0.155. The fourth-order valence-electron chi connectivity index (χ4n) is 3.50. The van der Waals surface area contributed by atoms with Gasteiger partial charge in [0.1, 0.15) is 0 Å². The van der Waals surface area contributed by atoms with Crippen LogP contribution in [0.5, 0.6) is 0 Å². The lowest BCUT2D eigenvalue weighted by atomic mass is 9.82. The molecule has 2 fully saturated rings. The number of hydrogen-bond acceptors (Lipinski definition) is 2. The lowest BCUT2D eigenvalue weighted by Gasteiger charge is -2.41. The monoisotopic (exact) mass is 239 g/mol. The number of carboxylic acid groups (broad SMARTS) is 1. The van der Waals surface area contributed by atoms with E-state index < -0.39 is 5.97 Å². The Labute approximate surface area is 104 Å². The summed E-state index contributed by atoms with van der Waals surface area (Å²) in [6, 6.07) is 0.663. The third kappa shape index (κ3) is 3.21. The fraction of sp³-hybridized carbons (Fsp3) is 0.929. The van der Waals surface area contributed by atoms with Gasteiger partial charge in [0.05, 0.1) is 5.92 Å². The second kappa shape index (κ2) is 5.85. The molecule has 1 saturated carbocycles. The Morgan fingerprint density at radius 3 is 2.82 bits per heavy atom. The zero-order valence-corrected chi connectivity index (χ0v) is 10.9. The molecule has 0 aromatic carbocycles. The topological polar surface area (TPSA) is 40.5 Å². The summed E-state index contributed by atoms with van der Waals surface area (Å²) >= 11 is 0. The number of aliphatic carboxylic acids is 1. The Balaban J connectivity index is 1.90. The van der Waals surface area contributed by atoms with Crippen LogP contribution in [0.4, 0.5) is 0 Å². The Hall–Kier alpha value is -0.570. The number of piperidine rings is 1. The molecule has 1 aliphatic heterocycles. The second-order valence-electron chi connectivity index (χ2n) is 5.77. The van der Waals surface area contributed by atoms with E-state index in [1.54, 1.807) is 0 Å². The molecule has 17 heavy (non-hydrogen) atoms. The van der Waals surface area contributed by atoms with Crippen LogP contribution in [0.1, 0.15) is 51.9 Å². The first-order chi connectivity index (χ1) is 8.20. The normalized spacial score (nSPS) is 35.7. The maximum absolute atomic E-state index is 11.1. The predicted octanol–water partition coefficient (Wildman–Crippen LogP) is 2.75. The van der Waals surface area contributed by atoms with Crippen molar-refractivity contribution in [3.8, 4) is 0 Å². The van der Waals surface area contributed by atoms with Crippen molar-refractivity contribution >= 4 is 5.97 Å². The number of hydrogen-bond donors (Lipinski definition) is 1. The predicted molar refractivity (Wildman–Crippen MR) is 68.0 cm³/mol. The molecule has 0 bridgehead atoms. The van der Waals surface area contributed by atoms with Crippen LogP contribution in [0.2, 0.25) is 0 Å². The molecule has 1 heterocycles. The van der Waals surface area contributed by atoms with Gasteiger partial charge in [0.15, 0.2) is 0 Å². The Morgan fingerprint density at radius 1 is 1.29 bits per heavy atom. The molecule has 0 aromatic heterocycles. The molecule has 0 spiro atoms. The van der Waals surface area contributed by atoms with Gasteiger partial charge in [0, 0.05) is 12.6 Å². The quantitative estimate of drug-likeness (QED) is 0.823. The minimum absolute atomic E-state index is 0.120. The van der Waals surface area contributed by atoms with E-state index in [2.05, 4.69) is 11.8 Å². The van der Waals surface area contributed by atoms with Gasteiger partial charge in [-0.25, -0.2) is 0 Å². The summed E-state index contributed by atoms with van der Waals surface area (Å²) in [5.41, 5.74) is 0. The van der Waals surface area contributed by atoms with Gasteiger partial charge in [-0.1, -0.05) is 26.2 Å². The van der Waals surface area contributed by atoms with Crippen molar-refractivity contribution in [1.82, 2.24) is 4.90 Å². The number of nitrogens with zero attached hydrogens (tertiary/aromatic N) is 1. The third-order valence-corrected chi connectivity index (χ3v) is 4.65. The molecule has 3 unspecified atom stereocenters. The summed E-state index contributed by atoms with van der Waals surface area (Å²) in [4.78, 5) is 13.5. The number of carbonyl (C=O) groups is 1. The summed E-state index contributed by atoms with van der Waals surface area (Å²) in [7, 11) is 0. The first-order valence-electron chi connectivity index (χ1n) is 7.17. The molecule has 1 aliphatic carbocycles. The minimum Gasteiger partial charge on any atom is -0.481 e. The molecule has 3 heteroatoms. The molecule has 0 amide bonds. The molecule has 3 nitrogen and oxygen atoms in total. The molecule has 98 valence electrons. The summed E-state index contributed by atoms with van der Waals surface area (Å²) in [6.45, 7) is 4.19. The fourth-order valence-corrected chi connectivity index (χ4v) is 3.50. The average Bonchev–Trinajstić information content (AvgIpc) is 2.39. The van der Waals surface area contributed by atoms with Crippen molar-refractivity contribution in [2.45, 2.75) is 57.9 Å². The van der Waals surface area contributed by atoms with Gasteiger partial charge < -0.3 is 5.11 Å². The number of carboxylic acids is 1. The van der Waals surface area contributed by atoms with Crippen LogP contribution in [0.25, 0.3) is 0 Å². The first-order valence-corrected chi connectivity index (χ1v) is 7.17. The van der Waals surface area contributed by atoms with Crippen LogP contribution in [-0.4, -0.2) is 35.1 Å². The highest BCUT2D eigenvalue weighted by Crippen LogP contribution is 2.31. The van der Waals surface area contributed by atoms with Crippen molar-refractivity contribution in [3.05, 3.63) is 0 Å². The molecule has 2 aliphatic rings. The third-order valence-electron chi connectivity index (χ3n) is 4.65. The van der Waals surface area contributed by atoms with Crippen molar-refractivity contribution < 1.29 is 9.90 Å². The first kappa shape index (κ1) is 12.9. The summed E-state index contributed by atoms with van der Waals surface area (Å²) < 4.78 is 0. The van der Waals surface area contributed by atoms with Gasteiger partial charge in [-0.3, -0.25) is 9.69 Å². The van der Waals surface area contributed by atoms with E-state index in [-0.39, 0.29) is 5.92 Å². The van der Waals surface area contributed by atoms with Crippen molar-refractivity contribution in [3.63, 3.8) is 0 Å². The van der Waals surface area contributed by atoms with Gasteiger partial charge in [-0.15, -0.1) is 0 Å². The van der Waals surface area contributed by atoms with Crippen LogP contribution in [-0.2, 0) is 4.79 Å². The van der Waals surface area contributed by atoms with E-state index in [9.17, 15) is 4.79 Å². The highest BCUT2D eigenvalue weighted by atomic mass is 16.4. The zero-order chi connectivity index (χ0) is 12.3.